The van der Waals surface area contributed by atoms with Crippen molar-refractivity contribution in [3.8, 4) is 0 Å². The largest absolute Gasteiger partial charge is 0.396 e. The number of fused-ring (bicyclic) bond motifs is 1. The molecular weight excluding hydrogens is 386 g/mol. The SMILES string of the molecule is Cc1nc(CN(C)C2CCCc3cccnc32)n(CC2CCCN(CCCO)C2)c1C. The molecule has 170 valence electrons. The summed E-state index contributed by atoms with van der Waals surface area (Å²) >= 11 is 0. The second kappa shape index (κ2) is 10.2. The molecule has 1 aliphatic carbocycles. The van der Waals surface area contributed by atoms with Gasteiger partial charge in [0.25, 0.3) is 0 Å². The number of hydrogen-bond acceptors (Lipinski definition) is 5. The Morgan fingerprint density at radius 3 is 2.94 bits per heavy atom. The van der Waals surface area contributed by atoms with Gasteiger partial charge in [0, 0.05) is 38.1 Å². The fourth-order valence-electron chi connectivity index (χ4n) is 5.49. The van der Waals surface area contributed by atoms with Crippen molar-refractivity contribution in [1.29, 1.82) is 0 Å². The molecule has 0 aromatic carbocycles. The summed E-state index contributed by atoms with van der Waals surface area (Å²) in [6.45, 7) is 9.86. The van der Waals surface area contributed by atoms with Gasteiger partial charge in [0.1, 0.15) is 5.82 Å². The Bertz CT molecular complexity index is 864. The van der Waals surface area contributed by atoms with Gasteiger partial charge in [-0.3, -0.25) is 9.88 Å². The van der Waals surface area contributed by atoms with Crippen molar-refractivity contribution in [2.24, 2.45) is 5.92 Å². The van der Waals surface area contributed by atoms with Crippen LogP contribution in [0.4, 0.5) is 0 Å². The molecule has 2 atom stereocenters. The van der Waals surface area contributed by atoms with Crippen molar-refractivity contribution in [1.82, 2.24) is 24.3 Å². The minimum absolute atomic E-state index is 0.288. The summed E-state index contributed by atoms with van der Waals surface area (Å²) in [7, 11) is 2.23. The van der Waals surface area contributed by atoms with Gasteiger partial charge in [0.05, 0.1) is 24.0 Å². The summed E-state index contributed by atoms with van der Waals surface area (Å²) in [6.07, 6.45) is 8.89. The van der Waals surface area contributed by atoms with E-state index in [4.69, 9.17) is 9.97 Å². The van der Waals surface area contributed by atoms with E-state index in [-0.39, 0.29) is 6.61 Å². The third kappa shape index (κ3) is 5.18. The summed E-state index contributed by atoms with van der Waals surface area (Å²) in [5.41, 5.74) is 5.12. The molecule has 2 aromatic heterocycles. The van der Waals surface area contributed by atoms with E-state index in [0.717, 1.165) is 44.7 Å². The molecule has 1 fully saturated rings. The molecular formula is C25H39N5O. The van der Waals surface area contributed by atoms with Crippen LogP contribution in [-0.2, 0) is 19.5 Å². The standard InChI is InChI=1S/C25H39N5O/c1-19-20(2)30(17-21-8-6-13-29(16-21)14-7-15-31)24(27-19)18-28(3)23-11-4-9-22-10-5-12-26-25(22)23/h5,10,12,21,23,31H,4,6-9,11,13-18H2,1-3H3. The van der Waals surface area contributed by atoms with Crippen molar-refractivity contribution in [2.45, 2.75) is 71.5 Å². The average Bonchev–Trinajstić information content (AvgIpc) is 3.05. The topological polar surface area (TPSA) is 57.4 Å². The van der Waals surface area contributed by atoms with Crippen LogP contribution in [0.2, 0.25) is 0 Å². The number of piperidine rings is 1. The van der Waals surface area contributed by atoms with E-state index in [1.807, 2.05) is 6.20 Å². The van der Waals surface area contributed by atoms with Gasteiger partial charge in [-0.25, -0.2) is 4.98 Å². The highest BCUT2D eigenvalue weighted by molar-refractivity contribution is 5.25. The molecule has 31 heavy (non-hydrogen) atoms. The summed E-state index contributed by atoms with van der Waals surface area (Å²) in [6, 6.07) is 4.68. The van der Waals surface area contributed by atoms with Crippen LogP contribution < -0.4 is 0 Å². The molecule has 0 bridgehead atoms. The third-order valence-corrected chi connectivity index (χ3v) is 7.30. The number of aliphatic hydroxyl groups excluding tert-OH is 1. The fourth-order valence-corrected chi connectivity index (χ4v) is 5.49. The molecule has 0 amide bonds. The molecule has 2 unspecified atom stereocenters. The molecule has 1 saturated heterocycles. The number of aryl methyl sites for hydroxylation is 2. The van der Waals surface area contributed by atoms with E-state index in [2.05, 4.69) is 47.4 Å². The number of rotatable bonds is 8. The highest BCUT2D eigenvalue weighted by Gasteiger charge is 2.27. The lowest BCUT2D eigenvalue weighted by atomic mass is 9.91. The third-order valence-electron chi connectivity index (χ3n) is 7.30. The molecule has 0 saturated carbocycles. The van der Waals surface area contributed by atoms with Crippen LogP contribution >= 0.6 is 0 Å². The fraction of sp³-hybridized carbons (Fsp3) is 0.680. The van der Waals surface area contributed by atoms with E-state index < -0.39 is 0 Å². The lowest BCUT2D eigenvalue weighted by molar-refractivity contribution is 0.146. The highest BCUT2D eigenvalue weighted by atomic mass is 16.3. The number of aromatic nitrogens is 3. The maximum Gasteiger partial charge on any atom is 0.123 e. The van der Waals surface area contributed by atoms with Gasteiger partial charge >= 0.3 is 0 Å². The number of aliphatic hydroxyl groups is 1. The van der Waals surface area contributed by atoms with E-state index in [9.17, 15) is 5.11 Å². The zero-order chi connectivity index (χ0) is 21.8. The van der Waals surface area contributed by atoms with E-state index >= 15 is 0 Å². The Kier molecular flexibility index (Phi) is 7.41. The zero-order valence-electron chi connectivity index (χ0n) is 19.6. The first-order valence-electron chi connectivity index (χ1n) is 12.1. The van der Waals surface area contributed by atoms with Crippen LogP contribution in [0.25, 0.3) is 0 Å². The first kappa shape index (κ1) is 22.4. The average molecular weight is 426 g/mol. The molecule has 1 N–H and O–H groups in total. The Morgan fingerprint density at radius 1 is 1.23 bits per heavy atom. The van der Waals surface area contributed by atoms with E-state index in [1.54, 1.807) is 0 Å². The highest BCUT2D eigenvalue weighted by Crippen LogP contribution is 2.33. The zero-order valence-corrected chi connectivity index (χ0v) is 19.6. The van der Waals surface area contributed by atoms with Crippen LogP contribution in [0.5, 0.6) is 0 Å². The van der Waals surface area contributed by atoms with E-state index in [0.29, 0.717) is 12.0 Å². The molecule has 2 aromatic rings. The molecule has 0 radical (unpaired) electrons. The van der Waals surface area contributed by atoms with E-state index in [1.165, 1.54) is 55.0 Å². The maximum absolute atomic E-state index is 9.18. The number of pyridine rings is 1. The summed E-state index contributed by atoms with van der Waals surface area (Å²) in [4.78, 5) is 14.7. The molecule has 6 nitrogen and oxygen atoms in total. The minimum atomic E-state index is 0.288. The molecule has 2 aliphatic rings. The lowest BCUT2D eigenvalue weighted by Crippen LogP contribution is -2.38. The first-order valence-corrected chi connectivity index (χ1v) is 12.1. The molecule has 4 rings (SSSR count). The van der Waals surface area contributed by atoms with Crippen LogP contribution in [0.3, 0.4) is 0 Å². The van der Waals surface area contributed by atoms with Gasteiger partial charge in [0.2, 0.25) is 0 Å². The summed E-state index contributed by atoms with van der Waals surface area (Å²) < 4.78 is 2.48. The van der Waals surface area contributed by atoms with Crippen LogP contribution in [-0.4, -0.2) is 62.7 Å². The van der Waals surface area contributed by atoms with Crippen LogP contribution in [0.1, 0.15) is 66.6 Å². The van der Waals surface area contributed by atoms with Crippen molar-refractivity contribution >= 4 is 0 Å². The van der Waals surface area contributed by atoms with Gasteiger partial charge in [-0.2, -0.15) is 0 Å². The maximum atomic E-state index is 9.18. The predicted octanol–water partition coefficient (Wildman–Crippen LogP) is 3.50. The number of likely N-dealkylation sites (tertiary alicyclic amines) is 1. The Hall–Kier alpha value is -1.76. The molecule has 6 heteroatoms. The number of hydrogen-bond donors (Lipinski definition) is 1. The normalized spacial score (nSPS) is 22.1. The monoisotopic (exact) mass is 425 g/mol. The van der Waals surface area contributed by atoms with Crippen LogP contribution in [0, 0.1) is 19.8 Å². The van der Waals surface area contributed by atoms with Crippen molar-refractivity contribution in [3.05, 3.63) is 46.8 Å². The lowest BCUT2D eigenvalue weighted by Gasteiger charge is -2.34. The summed E-state index contributed by atoms with van der Waals surface area (Å²) in [5.74, 6) is 1.84. The smallest absolute Gasteiger partial charge is 0.123 e. The van der Waals surface area contributed by atoms with Crippen LogP contribution in [0.15, 0.2) is 18.3 Å². The van der Waals surface area contributed by atoms with Gasteiger partial charge < -0.3 is 14.6 Å². The van der Waals surface area contributed by atoms with Gasteiger partial charge in [-0.1, -0.05) is 6.07 Å². The predicted molar refractivity (Wildman–Crippen MR) is 124 cm³/mol. The van der Waals surface area contributed by atoms with Gasteiger partial charge in [-0.05, 0) is 83.5 Å². The summed E-state index contributed by atoms with van der Waals surface area (Å²) in [5, 5.41) is 9.18. The van der Waals surface area contributed by atoms with Gasteiger partial charge in [-0.15, -0.1) is 0 Å². The van der Waals surface area contributed by atoms with Crippen molar-refractivity contribution in [3.63, 3.8) is 0 Å². The second-order valence-corrected chi connectivity index (χ2v) is 9.57. The Balaban J connectivity index is 1.47. The second-order valence-electron chi connectivity index (χ2n) is 9.57. The van der Waals surface area contributed by atoms with Gasteiger partial charge in [0.15, 0.2) is 0 Å². The molecule has 1 aliphatic heterocycles. The van der Waals surface area contributed by atoms with Crippen molar-refractivity contribution in [2.75, 3.05) is 33.3 Å². The quantitative estimate of drug-likeness (QED) is 0.702. The minimum Gasteiger partial charge on any atom is -0.396 e. The Morgan fingerprint density at radius 2 is 2.10 bits per heavy atom. The van der Waals surface area contributed by atoms with Crippen molar-refractivity contribution < 1.29 is 5.11 Å². The first-order chi connectivity index (χ1) is 15.1. The Labute approximate surface area is 187 Å². The number of nitrogens with zero attached hydrogens (tertiary/aromatic N) is 5. The molecule has 3 heterocycles. The number of imidazole rings is 1. The molecule has 0 spiro atoms.